The van der Waals surface area contributed by atoms with Gasteiger partial charge in [0.15, 0.2) is 6.10 Å². The maximum Gasteiger partial charge on any atom is 0.265 e. The fourth-order valence-electron chi connectivity index (χ4n) is 1.82. The molecule has 110 valence electrons. The summed E-state index contributed by atoms with van der Waals surface area (Å²) in [5.41, 5.74) is 0.648. The monoisotopic (exact) mass is 286 g/mol. The highest BCUT2D eigenvalue weighted by Gasteiger charge is 2.18. The van der Waals surface area contributed by atoms with Gasteiger partial charge in [-0.25, -0.2) is 0 Å². The molecule has 0 radical (unpaired) electrons. The number of benzene rings is 1. The number of amides is 1. The van der Waals surface area contributed by atoms with Crippen LogP contribution in [-0.2, 0) is 4.79 Å². The molecule has 21 heavy (non-hydrogen) atoms. The van der Waals surface area contributed by atoms with Crippen LogP contribution in [0.25, 0.3) is 0 Å². The van der Waals surface area contributed by atoms with Gasteiger partial charge in [0.05, 0.1) is 19.0 Å². The van der Waals surface area contributed by atoms with E-state index in [4.69, 9.17) is 9.47 Å². The van der Waals surface area contributed by atoms with E-state index in [-0.39, 0.29) is 5.91 Å². The van der Waals surface area contributed by atoms with E-state index in [1.54, 1.807) is 43.8 Å². The fraction of sp³-hybridized carbons (Fsp3) is 0.250. The zero-order valence-corrected chi connectivity index (χ0v) is 12.1. The number of hydrogen-bond donors (Lipinski definition) is 1. The first kappa shape index (κ1) is 14.8. The van der Waals surface area contributed by atoms with Crippen molar-refractivity contribution < 1.29 is 14.3 Å². The van der Waals surface area contributed by atoms with Crippen molar-refractivity contribution in [2.45, 2.75) is 19.4 Å². The molecule has 1 heterocycles. The van der Waals surface area contributed by atoms with Crippen LogP contribution in [-0.4, -0.2) is 24.1 Å². The number of pyridine rings is 1. The summed E-state index contributed by atoms with van der Waals surface area (Å²) in [5, 5.41) is 2.78. The Balaban J connectivity index is 2.03. The van der Waals surface area contributed by atoms with Crippen LogP contribution in [0.5, 0.6) is 11.5 Å². The van der Waals surface area contributed by atoms with Gasteiger partial charge in [-0.1, -0.05) is 13.0 Å². The van der Waals surface area contributed by atoms with E-state index in [1.807, 2.05) is 19.1 Å². The molecule has 5 nitrogen and oxygen atoms in total. The number of nitrogens with zero attached hydrogens (tertiary/aromatic N) is 1. The van der Waals surface area contributed by atoms with Gasteiger partial charge in [-0.2, -0.15) is 0 Å². The zero-order valence-electron chi connectivity index (χ0n) is 12.1. The number of aromatic nitrogens is 1. The van der Waals surface area contributed by atoms with E-state index in [9.17, 15) is 4.79 Å². The summed E-state index contributed by atoms with van der Waals surface area (Å²) in [7, 11) is 1.59. The lowest BCUT2D eigenvalue weighted by Crippen LogP contribution is -2.32. The van der Waals surface area contributed by atoms with Crippen molar-refractivity contribution in [3.05, 3.63) is 48.8 Å². The van der Waals surface area contributed by atoms with E-state index >= 15 is 0 Å². The van der Waals surface area contributed by atoms with E-state index < -0.39 is 6.10 Å². The first-order chi connectivity index (χ1) is 10.2. The third-order valence-electron chi connectivity index (χ3n) is 2.91. The third kappa shape index (κ3) is 4.21. The number of rotatable bonds is 6. The van der Waals surface area contributed by atoms with Crippen molar-refractivity contribution >= 4 is 11.6 Å². The first-order valence-corrected chi connectivity index (χ1v) is 6.74. The van der Waals surface area contributed by atoms with Gasteiger partial charge in [0.1, 0.15) is 11.5 Å². The molecule has 0 saturated carbocycles. The molecule has 0 aliphatic rings. The Labute approximate surface area is 123 Å². The molecule has 1 aromatic carbocycles. The van der Waals surface area contributed by atoms with Gasteiger partial charge in [-0.15, -0.1) is 0 Å². The first-order valence-electron chi connectivity index (χ1n) is 6.74. The molecule has 0 aliphatic carbocycles. The highest BCUT2D eigenvalue weighted by atomic mass is 16.5. The summed E-state index contributed by atoms with van der Waals surface area (Å²) >= 11 is 0. The van der Waals surface area contributed by atoms with Crippen LogP contribution in [0.1, 0.15) is 13.3 Å². The maximum atomic E-state index is 12.2. The summed E-state index contributed by atoms with van der Waals surface area (Å²) in [4.78, 5) is 16.2. The van der Waals surface area contributed by atoms with Crippen molar-refractivity contribution in [1.82, 2.24) is 4.98 Å². The molecule has 2 aromatic rings. The van der Waals surface area contributed by atoms with Crippen LogP contribution in [0.3, 0.4) is 0 Å². The van der Waals surface area contributed by atoms with Gasteiger partial charge >= 0.3 is 0 Å². The molecule has 2 rings (SSSR count). The molecule has 1 N–H and O–H groups in total. The summed E-state index contributed by atoms with van der Waals surface area (Å²) < 4.78 is 10.9. The summed E-state index contributed by atoms with van der Waals surface area (Å²) in [6, 6.07) is 10.7. The summed E-state index contributed by atoms with van der Waals surface area (Å²) in [6.45, 7) is 1.90. The molecule has 1 atom stereocenters. The van der Waals surface area contributed by atoms with E-state index in [0.29, 0.717) is 23.6 Å². The molecule has 0 bridgehead atoms. The molecule has 0 fully saturated rings. The van der Waals surface area contributed by atoms with Crippen molar-refractivity contribution in [3.8, 4) is 11.5 Å². The number of nitrogens with one attached hydrogen (secondary N) is 1. The summed E-state index contributed by atoms with van der Waals surface area (Å²) in [6.07, 6.45) is 3.23. The van der Waals surface area contributed by atoms with Crippen LogP contribution in [0.4, 0.5) is 5.69 Å². The SMILES string of the molecule is CC[C@@H](Oc1cccc(OC)c1)C(=O)Nc1cccnc1. The number of methoxy groups -OCH3 is 1. The summed E-state index contributed by atoms with van der Waals surface area (Å²) in [5.74, 6) is 1.09. The molecule has 0 saturated heterocycles. The Morgan fingerprint density at radius 2 is 2.10 bits per heavy atom. The Hall–Kier alpha value is -2.56. The molecule has 0 unspecified atom stereocenters. The second-order valence-corrected chi connectivity index (χ2v) is 4.42. The van der Waals surface area contributed by atoms with Crippen molar-refractivity contribution in [3.63, 3.8) is 0 Å². The lowest BCUT2D eigenvalue weighted by Gasteiger charge is -2.17. The predicted molar refractivity (Wildman–Crippen MR) is 80.6 cm³/mol. The number of ether oxygens (including phenoxy) is 2. The minimum atomic E-state index is -0.572. The van der Waals surface area contributed by atoms with Crippen molar-refractivity contribution in [1.29, 1.82) is 0 Å². The smallest absolute Gasteiger partial charge is 0.265 e. The highest BCUT2D eigenvalue weighted by molar-refractivity contribution is 5.94. The minimum Gasteiger partial charge on any atom is -0.497 e. The van der Waals surface area contributed by atoms with E-state index in [1.165, 1.54) is 0 Å². The third-order valence-corrected chi connectivity index (χ3v) is 2.91. The maximum absolute atomic E-state index is 12.2. The van der Waals surface area contributed by atoms with Crippen LogP contribution in [0, 0.1) is 0 Å². The average Bonchev–Trinajstić information content (AvgIpc) is 2.53. The number of anilines is 1. The molecule has 0 aliphatic heterocycles. The Kier molecular flexibility index (Phi) is 5.15. The average molecular weight is 286 g/mol. The second-order valence-electron chi connectivity index (χ2n) is 4.42. The van der Waals surface area contributed by atoms with Gasteiger partial charge in [-0.3, -0.25) is 9.78 Å². The van der Waals surface area contributed by atoms with Gasteiger partial charge in [0.2, 0.25) is 0 Å². The Morgan fingerprint density at radius 1 is 1.29 bits per heavy atom. The van der Waals surface area contributed by atoms with Crippen LogP contribution in [0.2, 0.25) is 0 Å². The molecule has 5 heteroatoms. The van der Waals surface area contributed by atoms with E-state index in [2.05, 4.69) is 10.3 Å². The zero-order chi connectivity index (χ0) is 15.1. The lowest BCUT2D eigenvalue weighted by atomic mass is 10.2. The highest BCUT2D eigenvalue weighted by Crippen LogP contribution is 2.21. The number of hydrogen-bond acceptors (Lipinski definition) is 4. The quantitative estimate of drug-likeness (QED) is 0.887. The second kappa shape index (κ2) is 7.28. The van der Waals surface area contributed by atoms with Gasteiger partial charge in [-0.05, 0) is 30.7 Å². The van der Waals surface area contributed by atoms with Crippen LogP contribution >= 0.6 is 0 Å². The van der Waals surface area contributed by atoms with Crippen molar-refractivity contribution in [2.24, 2.45) is 0 Å². The largest absolute Gasteiger partial charge is 0.497 e. The van der Waals surface area contributed by atoms with Gasteiger partial charge in [0, 0.05) is 12.3 Å². The molecule has 1 amide bonds. The van der Waals surface area contributed by atoms with Crippen LogP contribution < -0.4 is 14.8 Å². The number of carbonyl (C=O) groups is 1. The Bertz CT molecular complexity index is 587. The Morgan fingerprint density at radius 3 is 2.76 bits per heavy atom. The normalized spacial score (nSPS) is 11.5. The molecule has 1 aromatic heterocycles. The molecular weight excluding hydrogens is 268 g/mol. The molecular formula is C16H18N2O3. The number of carbonyl (C=O) groups excluding carboxylic acids is 1. The van der Waals surface area contributed by atoms with Crippen molar-refractivity contribution in [2.75, 3.05) is 12.4 Å². The van der Waals surface area contributed by atoms with Gasteiger partial charge in [0.25, 0.3) is 5.91 Å². The lowest BCUT2D eigenvalue weighted by molar-refractivity contribution is -0.122. The van der Waals surface area contributed by atoms with Crippen LogP contribution in [0.15, 0.2) is 48.8 Å². The molecule has 0 spiro atoms. The van der Waals surface area contributed by atoms with E-state index in [0.717, 1.165) is 0 Å². The minimum absolute atomic E-state index is 0.201. The van der Waals surface area contributed by atoms with Gasteiger partial charge < -0.3 is 14.8 Å². The standard InChI is InChI=1S/C16H18N2O3/c1-3-15(16(19)18-12-6-5-9-17-11-12)21-14-8-4-7-13(10-14)20-2/h4-11,15H,3H2,1-2H3,(H,18,19)/t15-/m1/s1. The topological polar surface area (TPSA) is 60.5 Å². The predicted octanol–water partition coefficient (Wildman–Crippen LogP) is 2.89. The fourth-order valence-corrected chi connectivity index (χ4v) is 1.82.